The Kier molecular flexibility index (Phi) is 74.4. The smallest absolute Gasteiger partial charge is 0.343 e. The molecule has 8 saturated carbocycles. The second kappa shape index (κ2) is 68.9. The zero-order chi connectivity index (χ0) is 104. The third-order valence-electron chi connectivity index (χ3n) is 38.9. The minimum absolute atomic E-state index is 0. The summed E-state index contributed by atoms with van der Waals surface area (Å²) < 4.78 is 0. The average Bonchev–Trinajstić information content (AvgIpc) is 1.85. The molecule has 0 aromatic carbocycles. The molecule has 26 atom stereocenters. The molecule has 8 aliphatic heterocycles. The summed E-state index contributed by atoms with van der Waals surface area (Å²) in [6, 6.07) is 0. The van der Waals surface area contributed by atoms with E-state index in [1.165, 1.54) is 290 Å². The molecule has 26 unspecified atom stereocenters. The standard InChI is InChI=1S/C12H22.4C11H21N.7C11H20.8W/c1-12(2,3)11-9-7-5-4-6-8-10-11;2*1-11(2,3)10-6-9-4-5-12(7-9)8-10;1-10(2,3)11-5-4-7-12(9-11)8-6-11;1-11(2,3)10-8-12-6-4-5-9(10)7-12;2*1-9-6-7-11(5,8-9)10(2,3)4;1-9-5-7-10(8-6-9)11(2,3)4;2*1-9(11(2,3)4)10-7-5-6-8-10;1-5-9-6-7-10(8-9)11(2,3)4;1-5-9-7-6-8-10(9)11(2,3)4;;;;;;;;/h5,10-11H,4,6-9H2,1-3H3;2*9-10H,4-8H2,1-3H3;4-9H2,1-3H3;9-10H,4-8H2,1-3H3;2*9H,1,5-8H2,2-4H3;7,9-10H,1,5-6,8H2,2-4H3;2*5,9-10H,1,6-8H2,2-4H3;7,9-10H,1,5-6,8H2,2-4H3;8-10H,1,5-7H2,2-4H3;;;;;;;;/q-2;;;;;7*-2;8*+2. The molecule has 0 aromatic heterocycles. The van der Waals surface area contributed by atoms with E-state index >= 15 is 0 Å². The fraction of sp³-hybridized carbons (Fsp3) is 0.880. The van der Waals surface area contributed by atoms with Gasteiger partial charge in [-0.25, -0.2) is 6.42 Å². The first-order valence-corrected chi connectivity index (χ1v) is 58.8. The van der Waals surface area contributed by atoms with Crippen LogP contribution in [0.5, 0.6) is 0 Å². The fourth-order valence-electron chi connectivity index (χ4n) is 26.7. The molecule has 16 fully saturated rings. The van der Waals surface area contributed by atoms with Crippen molar-refractivity contribution in [2.45, 2.75) is 474 Å². The molecule has 0 spiro atoms. The van der Waals surface area contributed by atoms with Crippen LogP contribution in [-0.4, -0.2) is 98.1 Å². The maximum atomic E-state index is 4.35. The number of rotatable bonds is 4. The summed E-state index contributed by atoms with van der Waals surface area (Å²) in [5, 5.41) is 0. The number of hydrogen-bond donors (Lipinski definition) is 0. The van der Waals surface area contributed by atoms with Crippen LogP contribution in [0, 0.1) is 301 Å². The van der Waals surface area contributed by atoms with Crippen molar-refractivity contribution in [3.63, 3.8) is 0 Å². The van der Waals surface area contributed by atoms with Crippen LogP contribution in [0.15, 0.2) is 0 Å². The summed E-state index contributed by atoms with van der Waals surface area (Å²) >= 11 is 0. The molecule has 4 nitrogen and oxygen atoms in total. The first kappa shape index (κ1) is 157. The maximum absolute atomic E-state index is 4.35. The van der Waals surface area contributed by atoms with Crippen LogP contribution in [-0.2, 0) is 169 Å². The Labute approximate surface area is 1030 Å². The number of piperidine rings is 4. The predicted molar refractivity (Wildman–Crippen MR) is 613 cm³/mol. The van der Waals surface area contributed by atoms with Crippen LogP contribution in [0.2, 0.25) is 0 Å². The van der Waals surface area contributed by atoms with Crippen LogP contribution in [0.4, 0.5) is 0 Å². The van der Waals surface area contributed by atoms with Gasteiger partial charge in [-0.15, -0.1) is 12.8 Å². The molecule has 8 aliphatic carbocycles. The van der Waals surface area contributed by atoms with Gasteiger partial charge >= 0.3 is 169 Å². The normalized spacial score (nSPS) is 34.0. The average molecular weight is 3370 g/mol. The largest absolute Gasteiger partial charge is 2.00 e. The van der Waals surface area contributed by atoms with Gasteiger partial charge < -0.3 is 127 Å². The van der Waals surface area contributed by atoms with Gasteiger partial charge in [0.05, 0.1) is 0 Å². The Hall–Kier alpha value is 5.35. The van der Waals surface area contributed by atoms with Gasteiger partial charge in [0.1, 0.15) is 0 Å². The van der Waals surface area contributed by atoms with Gasteiger partial charge in [0.25, 0.3) is 0 Å². The third kappa shape index (κ3) is 54.8. The Morgan fingerprint density at radius 1 is 0.317 bits per heavy atom. The van der Waals surface area contributed by atoms with Gasteiger partial charge in [-0.3, -0.25) is 0 Å². The Morgan fingerprint density at radius 2 is 0.752 bits per heavy atom. The van der Waals surface area contributed by atoms with Crippen molar-refractivity contribution in [1.82, 2.24) is 19.6 Å². The minimum atomic E-state index is 0. The number of nitrogens with zero attached hydrogens (tertiary/aromatic N) is 4. The van der Waals surface area contributed by atoms with E-state index in [9.17, 15) is 0 Å². The molecule has 12 heteroatoms. The molecule has 0 radical (unpaired) electrons. The quantitative estimate of drug-likeness (QED) is 0.260. The van der Waals surface area contributed by atoms with Gasteiger partial charge in [0, 0.05) is 45.8 Å². The van der Waals surface area contributed by atoms with Crippen LogP contribution in [0.1, 0.15) is 474 Å². The zero-order valence-electron chi connectivity index (χ0n) is 103. The zero-order valence-corrected chi connectivity index (χ0v) is 127. The van der Waals surface area contributed by atoms with Crippen molar-refractivity contribution in [2.24, 2.45) is 194 Å². The van der Waals surface area contributed by atoms with Crippen molar-refractivity contribution < 1.29 is 169 Å². The van der Waals surface area contributed by atoms with Crippen LogP contribution >= 0.6 is 0 Å². The van der Waals surface area contributed by atoms with E-state index in [2.05, 4.69) is 376 Å². The second-order valence-electron chi connectivity index (χ2n) is 62.1. The molecule has 8 bridgehead atoms. The predicted octanol–water partition coefficient (Wildman–Crippen LogP) is 38.1. The third-order valence-corrected chi connectivity index (χ3v) is 38.9. The Morgan fingerprint density at radius 3 is 1.07 bits per heavy atom. The Bertz CT molecular complexity index is 3070. The first-order valence-electron chi connectivity index (χ1n) is 58.8. The van der Waals surface area contributed by atoms with Gasteiger partial charge in [-0.1, -0.05) is 393 Å². The van der Waals surface area contributed by atoms with E-state index in [-0.39, 0.29) is 169 Å². The molecule has 16 rings (SSSR count). The molecule has 8 saturated heterocycles. The van der Waals surface area contributed by atoms with Crippen molar-refractivity contribution >= 4 is 0 Å². The van der Waals surface area contributed by atoms with E-state index < -0.39 is 0 Å². The van der Waals surface area contributed by atoms with Crippen molar-refractivity contribution in [1.29, 1.82) is 0 Å². The molecular formula is C133H246N4W8. The van der Waals surface area contributed by atoms with Gasteiger partial charge in [0.15, 0.2) is 0 Å². The summed E-state index contributed by atoms with van der Waals surface area (Å²) in [6.45, 7) is 138. The van der Waals surface area contributed by atoms with E-state index in [1.54, 1.807) is 0 Å². The van der Waals surface area contributed by atoms with E-state index in [0.717, 1.165) is 95.7 Å². The molecule has 145 heavy (non-hydrogen) atoms. The van der Waals surface area contributed by atoms with Gasteiger partial charge in [-0.05, 0) is 153 Å². The summed E-state index contributed by atoms with van der Waals surface area (Å²) in [5.41, 5.74) is 6.71. The van der Waals surface area contributed by atoms with Crippen LogP contribution < -0.4 is 0 Å². The molecule has 846 valence electrons. The summed E-state index contributed by atoms with van der Waals surface area (Å²) in [7, 11) is 0. The first-order chi connectivity index (χ1) is 62.6. The second-order valence-corrected chi connectivity index (χ2v) is 62.1. The Balaban J connectivity index is -0.000000744. The van der Waals surface area contributed by atoms with E-state index in [1.807, 2.05) is 0 Å². The van der Waals surface area contributed by atoms with Crippen molar-refractivity contribution in [3.05, 3.63) is 107 Å². The monoisotopic (exact) mass is 3370 g/mol. The fourth-order valence-corrected chi connectivity index (χ4v) is 26.7. The number of fused-ring (bicyclic) bond motifs is 8. The van der Waals surface area contributed by atoms with E-state index in [0.29, 0.717) is 111 Å². The summed E-state index contributed by atoms with van der Waals surface area (Å²) in [5.74, 6) is 15.9. The number of hydrogen-bond acceptors (Lipinski definition) is 4. The molecule has 16 aliphatic rings. The van der Waals surface area contributed by atoms with Crippen molar-refractivity contribution in [2.75, 3.05) is 78.5 Å². The SMILES string of the molecule is CC(C)(C)C12CCCN(CC1)C2.CC(C)(C)C1CC2CCN(C2)C1.CC(C)(C)C1CC2CCN(C2)C1.CC(C)(C)C1CN2CCCC1C2.CC(C)(C)C1[CH-]CCC[CH-]CC1.[CH2-]C(C1C[CH-]CC1)C(C)(C)C.[CH2-]C(C1C[CH-]CC1)C(C)(C)C.[CH2-]C1CCC([CH2-])(C(C)(C)C)C1.[CH2-]C1CCC([CH2-])(C(C)(C)C)C1.[CH2-]C1C[CH-]C(C(C)(C)C)CC1.[CH2-]CC1CC[CH-]C1C(C)(C)C.[CH2-]CC1C[CH-]C(C(C)(C)C)C1.[W+2].[W+2].[W+2].[W+2].[W+2].[W+2].[W+2].[W+2]. The van der Waals surface area contributed by atoms with E-state index in [4.69, 9.17) is 0 Å². The van der Waals surface area contributed by atoms with Crippen molar-refractivity contribution in [3.8, 4) is 0 Å². The summed E-state index contributed by atoms with van der Waals surface area (Å²) in [6.07, 6.45) is 64.0. The summed E-state index contributed by atoms with van der Waals surface area (Å²) in [4.78, 5) is 10.6. The maximum Gasteiger partial charge on any atom is 2.00 e. The molecular weight excluding hydrogens is 3120 g/mol. The van der Waals surface area contributed by atoms with Gasteiger partial charge in [-0.2, -0.15) is 135 Å². The molecule has 0 amide bonds. The molecule has 0 N–H and O–H groups in total. The molecule has 0 aromatic rings. The van der Waals surface area contributed by atoms with Crippen LogP contribution in [0.3, 0.4) is 0 Å². The molecule has 8 heterocycles. The minimum Gasteiger partial charge on any atom is -0.343 e. The topological polar surface area (TPSA) is 13.0 Å². The van der Waals surface area contributed by atoms with Gasteiger partial charge in [0.2, 0.25) is 0 Å². The van der Waals surface area contributed by atoms with Crippen LogP contribution in [0.25, 0.3) is 0 Å².